The Morgan fingerprint density at radius 1 is 1.26 bits per heavy atom. The van der Waals surface area contributed by atoms with Crippen LogP contribution in [0.2, 0.25) is 0 Å². The maximum Gasteiger partial charge on any atom is 0.229 e. The van der Waals surface area contributed by atoms with Gasteiger partial charge in [-0.3, -0.25) is 19.5 Å². The Labute approximate surface area is 156 Å². The molecule has 1 unspecified atom stereocenters. The van der Waals surface area contributed by atoms with Gasteiger partial charge in [-0.25, -0.2) is 0 Å². The molecule has 0 bridgehead atoms. The number of rotatable bonds is 8. The summed E-state index contributed by atoms with van der Waals surface area (Å²) in [5, 5.41) is 6.51. The minimum Gasteiger partial charge on any atom is -0.355 e. The average Bonchev–Trinajstić information content (AvgIpc) is 2.49. The summed E-state index contributed by atoms with van der Waals surface area (Å²) in [7, 11) is 1.73. The Morgan fingerprint density at radius 3 is 2.48 bits per heavy atom. The number of aliphatic imine (C=N–C) groups is 1. The van der Waals surface area contributed by atoms with Crippen LogP contribution in [0.3, 0.4) is 0 Å². The Kier molecular flexibility index (Phi) is 12.1. The lowest BCUT2D eigenvalue weighted by molar-refractivity contribution is -0.147. The van der Waals surface area contributed by atoms with Gasteiger partial charge >= 0.3 is 0 Å². The van der Waals surface area contributed by atoms with Gasteiger partial charge in [-0.15, -0.1) is 24.0 Å². The predicted octanol–water partition coefficient (Wildman–Crippen LogP) is 2.28. The quantitative estimate of drug-likeness (QED) is 0.201. The van der Waals surface area contributed by atoms with Crippen molar-refractivity contribution in [3.8, 4) is 0 Å². The van der Waals surface area contributed by atoms with E-state index in [9.17, 15) is 9.59 Å². The third kappa shape index (κ3) is 8.53. The zero-order valence-electron chi connectivity index (χ0n) is 14.6. The van der Waals surface area contributed by atoms with Crippen molar-refractivity contribution < 1.29 is 9.59 Å². The van der Waals surface area contributed by atoms with Gasteiger partial charge in [0.25, 0.3) is 0 Å². The lowest BCUT2D eigenvalue weighted by atomic mass is 10.1. The largest absolute Gasteiger partial charge is 0.355 e. The van der Waals surface area contributed by atoms with Gasteiger partial charge in [-0.05, 0) is 19.8 Å². The minimum atomic E-state index is -0.0612. The Bertz CT molecular complexity index is 386. The SMILES string of the molecule is CCCCCC(C)NC(=NC)NCCN1C(=O)CCCC1=O.I. The molecule has 1 fully saturated rings. The number of likely N-dealkylation sites (tertiary alicyclic amines) is 1. The van der Waals surface area contributed by atoms with Gasteiger partial charge in [0.05, 0.1) is 0 Å². The fraction of sp³-hybridized carbons (Fsp3) is 0.812. The molecular weight excluding hydrogens is 407 g/mol. The van der Waals surface area contributed by atoms with E-state index in [1.807, 2.05) is 0 Å². The van der Waals surface area contributed by atoms with Gasteiger partial charge in [-0.2, -0.15) is 0 Å². The van der Waals surface area contributed by atoms with Crippen LogP contribution in [0, 0.1) is 0 Å². The lowest BCUT2D eigenvalue weighted by Crippen LogP contribution is -2.47. The summed E-state index contributed by atoms with van der Waals surface area (Å²) in [4.78, 5) is 29.0. The zero-order valence-corrected chi connectivity index (χ0v) is 16.9. The molecule has 1 heterocycles. The molecule has 0 radical (unpaired) electrons. The first-order chi connectivity index (χ1) is 10.6. The second-order valence-electron chi connectivity index (χ2n) is 5.83. The molecule has 0 aliphatic carbocycles. The number of hydrogen-bond acceptors (Lipinski definition) is 3. The van der Waals surface area contributed by atoms with Crippen molar-refractivity contribution in [1.29, 1.82) is 0 Å². The van der Waals surface area contributed by atoms with Crippen molar-refractivity contribution >= 4 is 41.8 Å². The number of nitrogens with zero attached hydrogens (tertiary/aromatic N) is 2. The number of amides is 2. The number of carbonyl (C=O) groups is 2. The van der Waals surface area contributed by atoms with Gasteiger partial charge in [0, 0.05) is 39.0 Å². The molecule has 0 aromatic heterocycles. The molecule has 1 saturated heterocycles. The lowest BCUT2D eigenvalue weighted by Gasteiger charge is -2.25. The van der Waals surface area contributed by atoms with E-state index in [1.54, 1.807) is 7.05 Å². The van der Waals surface area contributed by atoms with Crippen LogP contribution in [0.25, 0.3) is 0 Å². The van der Waals surface area contributed by atoms with E-state index in [1.165, 1.54) is 24.2 Å². The van der Waals surface area contributed by atoms with Crippen molar-refractivity contribution in [2.75, 3.05) is 20.1 Å². The van der Waals surface area contributed by atoms with Gasteiger partial charge < -0.3 is 10.6 Å². The molecule has 0 spiro atoms. The molecule has 23 heavy (non-hydrogen) atoms. The maximum absolute atomic E-state index is 11.7. The van der Waals surface area contributed by atoms with E-state index in [2.05, 4.69) is 29.5 Å². The van der Waals surface area contributed by atoms with Crippen molar-refractivity contribution in [1.82, 2.24) is 15.5 Å². The second kappa shape index (κ2) is 12.5. The molecule has 1 rings (SSSR count). The number of imide groups is 1. The van der Waals surface area contributed by atoms with Crippen LogP contribution in [-0.4, -0.2) is 48.9 Å². The number of nitrogens with one attached hydrogen (secondary N) is 2. The molecule has 6 nitrogen and oxygen atoms in total. The molecule has 2 N–H and O–H groups in total. The van der Waals surface area contributed by atoms with Crippen molar-refractivity contribution in [2.24, 2.45) is 4.99 Å². The number of piperidine rings is 1. The molecule has 134 valence electrons. The molecule has 1 aliphatic rings. The zero-order chi connectivity index (χ0) is 16.4. The summed E-state index contributed by atoms with van der Waals surface area (Å²) in [6.45, 7) is 5.27. The number of halogens is 1. The first-order valence-corrected chi connectivity index (χ1v) is 8.38. The van der Waals surface area contributed by atoms with Crippen molar-refractivity contribution in [3.63, 3.8) is 0 Å². The second-order valence-corrected chi connectivity index (χ2v) is 5.83. The summed E-state index contributed by atoms with van der Waals surface area (Å²) < 4.78 is 0. The van der Waals surface area contributed by atoms with Crippen molar-refractivity contribution in [2.45, 2.75) is 64.8 Å². The summed E-state index contributed by atoms with van der Waals surface area (Å²) >= 11 is 0. The first kappa shape index (κ1) is 22.1. The van der Waals surface area contributed by atoms with E-state index in [-0.39, 0.29) is 35.8 Å². The van der Waals surface area contributed by atoms with Crippen LogP contribution < -0.4 is 10.6 Å². The van der Waals surface area contributed by atoms with Gasteiger partial charge in [0.2, 0.25) is 11.8 Å². The van der Waals surface area contributed by atoms with Gasteiger partial charge in [0.1, 0.15) is 0 Å². The minimum absolute atomic E-state index is 0. The van der Waals surface area contributed by atoms with E-state index in [0.717, 1.165) is 12.4 Å². The third-order valence-electron chi connectivity index (χ3n) is 3.86. The Balaban J connectivity index is 0.00000484. The number of unbranched alkanes of at least 4 members (excludes halogenated alkanes) is 2. The molecule has 0 aromatic carbocycles. The normalized spacial score (nSPS) is 16.8. The maximum atomic E-state index is 11.7. The highest BCUT2D eigenvalue weighted by atomic mass is 127. The number of guanidine groups is 1. The topological polar surface area (TPSA) is 73.8 Å². The summed E-state index contributed by atoms with van der Waals surface area (Å²) in [5.74, 6) is 0.601. The standard InChI is InChI=1S/C16H30N4O2.HI/c1-4-5-6-8-13(2)19-16(17-3)18-11-12-20-14(21)9-7-10-15(20)22;/h13H,4-12H2,1-3H3,(H2,17,18,19);1H. The van der Waals surface area contributed by atoms with Crippen LogP contribution >= 0.6 is 24.0 Å². The highest BCUT2D eigenvalue weighted by Gasteiger charge is 2.25. The average molecular weight is 438 g/mol. The Hall–Kier alpha value is -0.860. The molecule has 0 aromatic rings. The van der Waals surface area contributed by atoms with Gasteiger partial charge in [-0.1, -0.05) is 26.2 Å². The summed E-state index contributed by atoms with van der Waals surface area (Å²) in [5.41, 5.74) is 0. The number of carbonyl (C=O) groups excluding carboxylic acids is 2. The Morgan fingerprint density at radius 2 is 1.91 bits per heavy atom. The van der Waals surface area contributed by atoms with E-state index >= 15 is 0 Å². The molecule has 1 atom stereocenters. The predicted molar refractivity (Wildman–Crippen MR) is 104 cm³/mol. The summed E-state index contributed by atoms with van der Waals surface area (Å²) in [6, 6.07) is 0.357. The smallest absolute Gasteiger partial charge is 0.229 e. The fourth-order valence-electron chi connectivity index (χ4n) is 2.54. The third-order valence-corrected chi connectivity index (χ3v) is 3.86. The van der Waals surface area contributed by atoms with Crippen LogP contribution in [0.15, 0.2) is 4.99 Å². The summed E-state index contributed by atoms with van der Waals surface area (Å²) in [6.07, 6.45) is 6.42. The highest BCUT2D eigenvalue weighted by molar-refractivity contribution is 14.0. The molecule has 1 aliphatic heterocycles. The van der Waals surface area contributed by atoms with Gasteiger partial charge in [0.15, 0.2) is 5.96 Å². The molecule has 2 amide bonds. The molecular formula is C16H31IN4O2. The highest BCUT2D eigenvalue weighted by Crippen LogP contribution is 2.11. The van der Waals surface area contributed by atoms with Crippen molar-refractivity contribution in [3.05, 3.63) is 0 Å². The fourth-order valence-corrected chi connectivity index (χ4v) is 2.54. The molecule has 7 heteroatoms. The van der Waals surface area contributed by atoms with Crippen LogP contribution in [0.5, 0.6) is 0 Å². The van der Waals surface area contributed by atoms with E-state index < -0.39 is 0 Å². The monoisotopic (exact) mass is 438 g/mol. The van der Waals surface area contributed by atoms with Crippen LogP contribution in [0.4, 0.5) is 0 Å². The first-order valence-electron chi connectivity index (χ1n) is 8.38. The van der Waals surface area contributed by atoms with Crippen LogP contribution in [-0.2, 0) is 9.59 Å². The van der Waals surface area contributed by atoms with E-state index in [0.29, 0.717) is 38.4 Å². The van der Waals surface area contributed by atoms with E-state index in [4.69, 9.17) is 0 Å². The molecule has 0 saturated carbocycles. The number of hydrogen-bond donors (Lipinski definition) is 2. The van der Waals surface area contributed by atoms with Crippen LogP contribution in [0.1, 0.15) is 58.8 Å².